The standard InChI is InChI=1S/C8H6ClFN2O/c1-3-12-7-4(9)2-5(10)6(11)8(7)13-3/h2H,11H2,1H3. The molecule has 0 fully saturated rings. The predicted molar refractivity (Wildman–Crippen MR) is 48.1 cm³/mol. The normalized spacial score (nSPS) is 11.0. The molecule has 0 saturated heterocycles. The van der Waals surface area contributed by atoms with Gasteiger partial charge in [-0.25, -0.2) is 9.37 Å². The fraction of sp³-hybridized carbons (Fsp3) is 0.125. The van der Waals surface area contributed by atoms with Crippen molar-refractivity contribution in [3.8, 4) is 0 Å². The molecule has 0 aliphatic carbocycles. The number of fused-ring (bicyclic) bond motifs is 1. The zero-order chi connectivity index (χ0) is 9.59. The number of aryl methyl sites for hydroxylation is 1. The maximum atomic E-state index is 13.0. The van der Waals surface area contributed by atoms with Gasteiger partial charge in [-0.2, -0.15) is 0 Å². The van der Waals surface area contributed by atoms with Crippen molar-refractivity contribution in [2.75, 3.05) is 5.73 Å². The van der Waals surface area contributed by atoms with Crippen LogP contribution in [0.25, 0.3) is 11.1 Å². The average molecular weight is 201 g/mol. The summed E-state index contributed by atoms with van der Waals surface area (Å²) in [4.78, 5) is 3.97. The number of nitrogens with zero attached hydrogens (tertiary/aromatic N) is 1. The van der Waals surface area contributed by atoms with Crippen molar-refractivity contribution in [3.63, 3.8) is 0 Å². The predicted octanol–water partition coefficient (Wildman–Crippen LogP) is 2.51. The van der Waals surface area contributed by atoms with Crippen molar-refractivity contribution in [1.29, 1.82) is 0 Å². The van der Waals surface area contributed by atoms with Crippen LogP contribution >= 0.6 is 11.6 Å². The molecule has 0 saturated carbocycles. The van der Waals surface area contributed by atoms with Gasteiger partial charge in [-0.1, -0.05) is 11.6 Å². The Bertz CT molecular complexity index is 480. The Morgan fingerprint density at radius 3 is 3.00 bits per heavy atom. The van der Waals surface area contributed by atoms with Crippen LogP contribution < -0.4 is 5.73 Å². The molecule has 0 amide bonds. The quantitative estimate of drug-likeness (QED) is 0.665. The van der Waals surface area contributed by atoms with E-state index >= 15 is 0 Å². The van der Waals surface area contributed by atoms with Gasteiger partial charge in [-0.15, -0.1) is 0 Å². The average Bonchev–Trinajstić information content (AvgIpc) is 2.44. The van der Waals surface area contributed by atoms with Crippen LogP contribution in [0, 0.1) is 12.7 Å². The topological polar surface area (TPSA) is 52.0 Å². The van der Waals surface area contributed by atoms with E-state index in [9.17, 15) is 4.39 Å². The van der Waals surface area contributed by atoms with Crippen LogP contribution in [-0.2, 0) is 0 Å². The molecule has 2 aromatic rings. The number of oxazole rings is 1. The van der Waals surface area contributed by atoms with E-state index < -0.39 is 5.82 Å². The van der Waals surface area contributed by atoms with Crippen LogP contribution in [0.15, 0.2) is 10.5 Å². The largest absolute Gasteiger partial charge is 0.439 e. The highest BCUT2D eigenvalue weighted by Gasteiger charge is 2.13. The second kappa shape index (κ2) is 2.60. The molecular formula is C8H6ClFN2O. The zero-order valence-corrected chi connectivity index (χ0v) is 7.52. The fourth-order valence-electron chi connectivity index (χ4n) is 1.14. The lowest BCUT2D eigenvalue weighted by molar-refractivity contribution is 0.558. The van der Waals surface area contributed by atoms with Gasteiger partial charge in [0.05, 0.1) is 5.02 Å². The van der Waals surface area contributed by atoms with E-state index in [0.29, 0.717) is 11.4 Å². The molecule has 5 heteroatoms. The molecule has 0 spiro atoms. The molecule has 2 rings (SSSR count). The van der Waals surface area contributed by atoms with Gasteiger partial charge in [0.2, 0.25) is 0 Å². The Hall–Kier alpha value is -1.29. The van der Waals surface area contributed by atoms with Gasteiger partial charge in [0, 0.05) is 6.92 Å². The highest BCUT2D eigenvalue weighted by Crippen LogP contribution is 2.30. The molecule has 1 heterocycles. The van der Waals surface area contributed by atoms with Crippen LogP contribution in [0.2, 0.25) is 5.02 Å². The molecule has 0 aliphatic heterocycles. The molecule has 0 bridgehead atoms. The van der Waals surface area contributed by atoms with E-state index in [4.69, 9.17) is 21.8 Å². The third-order valence-corrected chi connectivity index (χ3v) is 2.00. The number of hydrogen-bond donors (Lipinski definition) is 1. The van der Waals surface area contributed by atoms with Crippen LogP contribution in [-0.4, -0.2) is 4.98 Å². The minimum absolute atomic E-state index is 0.0556. The molecule has 1 aromatic carbocycles. The monoisotopic (exact) mass is 200 g/mol. The minimum Gasteiger partial charge on any atom is -0.439 e. The Morgan fingerprint density at radius 1 is 1.62 bits per heavy atom. The van der Waals surface area contributed by atoms with Gasteiger partial charge in [0.15, 0.2) is 17.3 Å². The first-order chi connectivity index (χ1) is 6.09. The number of nitrogens with two attached hydrogens (primary N) is 1. The number of aromatic nitrogens is 1. The van der Waals surface area contributed by atoms with Crippen LogP contribution in [0.5, 0.6) is 0 Å². The molecule has 0 aliphatic rings. The summed E-state index contributed by atoms with van der Waals surface area (Å²) in [6.45, 7) is 1.65. The SMILES string of the molecule is Cc1nc2c(Cl)cc(F)c(N)c2o1. The van der Waals surface area contributed by atoms with Gasteiger partial charge >= 0.3 is 0 Å². The van der Waals surface area contributed by atoms with Crippen molar-refractivity contribution in [2.45, 2.75) is 6.92 Å². The second-order valence-electron chi connectivity index (χ2n) is 2.66. The highest BCUT2D eigenvalue weighted by molar-refractivity contribution is 6.35. The molecule has 2 N–H and O–H groups in total. The van der Waals surface area contributed by atoms with Crippen LogP contribution in [0.4, 0.5) is 10.1 Å². The Kier molecular flexibility index (Phi) is 1.66. The van der Waals surface area contributed by atoms with Crippen LogP contribution in [0.3, 0.4) is 0 Å². The first-order valence-electron chi connectivity index (χ1n) is 3.60. The molecule has 3 nitrogen and oxygen atoms in total. The summed E-state index contributed by atoms with van der Waals surface area (Å²) in [7, 11) is 0. The summed E-state index contributed by atoms with van der Waals surface area (Å²) in [5.41, 5.74) is 5.99. The van der Waals surface area contributed by atoms with Crippen molar-refractivity contribution >= 4 is 28.4 Å². The number of halogens is 2. The lowest BCUT2D eigenvalue weighted by Gasteiger charge is -1.97. The zero-order valence-electron chi connectivity index (χ0n) is 6.77. The van der Waals surface area contributed by atoms with Crippen molar-refractivity contribution in [2.24, 2.45) is 0 Å². The van der Waals surface area contributed by atoms with E-state index in [0.717, 1.165) is 6.07 Å². The van der Waals surface area contributed by atoms with Gasteiger partial charge in [-0.3, -0.25) is 0 Å². The first-order valence-corrected chi connectivity index (χ1v) is 3.98. The smallest absolute Gasteiger partial charge is 0.192 e. The molecule has 13 heavy (non-hydrogen) atoms. The molecule has 0 unspecified atom stereocenters. The summed E-state index contributed by atoms with van der Waals surface area (Å²) in [6.07, 6.45) is 0. The van der Waals surface area contributed by atoms with Crippen LogP contribution in [0.1, 0.15) is 5.89 Å². The Balaban J connectivity index is 2.95. The van der Waals surface area contributed by atoms with E-state index in [-0.39, 0.29) is 16.3 Å². The summed E-state index contributed by atoms with van der Waals surface area (Å²) >= 11 is 5.73. The van der Waals surface area contributed by atoms with Gasteiger partial charge < -0.3 is 10.2 Å². The summed E-state index contributed by atoms with van der Waals surface area (Å²) in [5.74, 6) is -0.178. The Morgan fingerprint density at radius 2 is 2.31 bits per heavy atom. The lowest BCUT2D eigenvalue weighted by atomic mass is 10.3. The molecule has 1 aromatic heterocycles. The molecular weight excluding hydrogens is 195 g/mol. The summed E-state index contributed by atoms with van der Waals surface area (Å²) < 4.78 is 18.1. The van der Waals surface area contributed by atoms with Crippen molar-refractivity contribution in [1.82, 2.24) is 4.98 Å². The fourth-order valence-corrected chi connectivity index (χ4v) is 1.36. The van der Waals surface area contributed by atoms with Crippen molar-refractivity contribution in [3.05, 3.63) is 22.8 Å². The minimum atomic E-state index is -0.589. The first kappa shape index (κ1) is 8.31. The van der Waals surface area contributed by atoms with E-state index in [1.54, 1.807) is 6.92 Å². The third kappa shape index (κ3) is 1.14. The number of anilines is 1. The van der Waals surface area contributed by atoms with Crippen molar-refractivity contribution < 1.29 is 8.81 Å². The maximum absolute atomic E-state index is 13.0. The van der Waals surface area contributed by atoms with Gasteiger partial charge in [0.1, 0.15) is 11.2 Å². The third-order valence-electron chi connectivity index (χ3n) is 1.72. The lowest BCUT2D eigenvalue weighted by Crippen LogP contribution is -1.91. The number of hydrogen-bond acceptors (Lipinski definition) is 3. The van der Waals surface area contributed by atoms with E-state index in [1.165, 1.54) is 0 Å². The molecule has 68 valence electrons. The number of benzene rings is 1. The van der Waals surface area contributed by atoms with E-state index in [2.05, 4.69) is 4.98 Å². The maximum Gasteiger partial charge on any atom is 0.192 e. The molecule has 0 radical (unpaired) electrons. The second-order valence-corrected chi connectivity index (χ2v) is 3.07. The number of nitrogen functional groups attached to an aromatic ring is 1. The van der Waals surface area contributed by atoms with Gasteiger partial charge in [-0.05, 0) is 6.07 Å². The highest BCUT2D eigenvalue weighted by atomic mass is 35.5. The van der Waals surface area contributed by atoms with E-state index in [1.807, 2.05) is 0 Å². The summed E-state index contributed by atoms with van der Waals surface area (Å²) in [6, 6.07) is 1.13. The van der Waals surface area contributed by atoms with Gasteiger partial charge in [0.25, 0.3) is 0 Å². The summed E-state index contributed by atoms with van der Waals surface area (Å²) in [5, 5.41) is 0.207. The molecule has 0 atom stereocenters. The Labute approximate surface area is 78.3 Å². The number of rotatable bonds is 0.